The van der Waals surface area contributed by atoms with Crippen LogP contribution in [0.5, 0.6) is 0 Å². The standard InChI is InChI=1S/C16H19N3O3/c1-19(12-8-10-4-2-3-5-11(10)9-12)14(20)7-6-13-15(21)18-16(22)17-13/h2-5,12-13H,6-9H2,1H3,(H2,17,18,21,22)/t13-/m0/s1. The van der Waals surface area contributed by atoms with Crippen LogP contribution in [0.1, 0.15) is 24.0 Å². The van der Waals surface area contributed by atoms with Crippen LogP contribution in [-0.4, -0.2) is 41.9 Å². The molecule has 22 heavy (non-hydrogen) atoms. The van der Waals surface area contributed by atoms with Crippen molar-refractivity contribution in [3.63, 3.8) is 0 Å². The van der Waals surface area contributed by atoms with Gasteiger partial charge in [0.05, 0.1) is 0 Å². The van der Waals surface area contributed by atoms with Crippen LogP contribution in [0.3, 0.4) is 0 Å². The van der Waals surface area contributed by atoms with Gasteiger partial charge < -0.3 is 10.2 Å². The largest absolute Gasteiger partial charge is 0.342 e. The minimum absolute atomic E-state index is 0.00625. The van der Waals surface area contributed by atoms with Crippen molar-refractivity contribution in [2.45, 2.75) is 37.8 Å². The van der Waals surface area contributed by atoms with Gasteiger partial charge in [0.1, 0.15) is 6.04 Å². The van der Waals surface area contributed by atoms with Gasteiger partial charge in [-0.25, -0.2) is 4.79 Å². The van der Waals surface area contributed by atoms with Gasteiger partial charge in [-0.1, -0.05) is 24.3 Å². The lowest BCUT2D eigenvalue weighted by Gasteiger charge is -2.24. The molecule has 0 spiro atoms. The van der Waals surface area contributed by atoms with E-state index in [0.717, 1.165) is 12.8 Å². The second kappa shape index (κ2) is 5.79. The zero-order valence-electron chi connectivity index (χ0n) is 12.5. The Hall–Kier alpha value is -2.37. The molecule has 1 aromatic rings. The Morgan fingerprint density at radius 3 is 2.41 bits per heavy atom. The van der Waals surface area contributed by atoms with Crippen molar-refractivity contribution in [3.8, 4) is 0 Å². The van der Waals surface area contributed by atoms with Crippen molar-refractivity contribution >= 4 is 17.8 Å². The number of carbonyl (C=O) groups is 3. The number of fused-ring (bicyclic) bond motifs is 1. The van der Waals surface area contributed by atoms with Crippen molar-refractivity contribution in [1.29, 1.82) is 0 Å². The lowest BCUT2D eigenvalue weighted by Crippen LogP contribution is -2.39. The summed E-state index contributed by atoms with van der Waals surface area (Å²) in [6.07, 6.45) is 2.33. The molecular formula is C16H19N3O3. The van der Waals surface area contributed by atoms with Gasteiger partial charge in [0.15, 0.2) is 0 Å². The average Bonchev–Trinajstić information content (AvgIpc) is 3.06. The molecule has 0 unspecified atom stereocenters. The molecule has 2 aliphatic rings. The summed E-state index contributed by atoms with van der Waals surface area (Å²) >= 11 is 0. The highest BCUT2D eigenvalue weighted by Gasteiger charge is 2.31. The second-order valence-electron chi connectivity index (χ2n) is 5.89. The van der Waals surface area contributed by atoms with Gasteiger partial charge >= 0.3 is 6.03 Å². The van der Waals surface area contributed by atoms with E-state index in [1.807, 2.05) is 19.2 Å². The number of carbonyl (C=O) groups excluding carboxylic acids is 3. The Kier molecular flexibility index (Phi) is 3.83. The SMILES string of the molecule is CN(C(=O)CC[C@@H]1NC(=O)NC1=O)C1Cc2ccccc2C1. The highest BCUT2D eigenvalue weighted by Crippen LogP contribution is 2.25. The molecule has 1 atom stereocenters. The highest BCUT2D eigenvalue weighted by atomic mass is 16.2. The van der Waals surface area contributed by atoms with E-state index in [9.17, 15) is 14.4 Å². The van der Waals surface area contributed by atoms with Crippen LogP contribution in [0.4, 0.5) is 4.79 Å². The fourth-order valence-corrected chi connectivity index (χ4v) is 3.12. The third-order valence-corrected chi connectivity index (χ3v) is 4.48. The zero-order valence-corrected chi connectivity index (χ0v) is 12.5. The van der Waals surface area contributed by atoms with Gasteiger partial charge in [-0.2, -0.15) is 0 Å². The molecule has 1 heterocycles. The molecule has 6 nitrogen and oxygen atoms in total. The number of benzene rings is 1. The van der Waals surface area contributed by atoms with Crippen molar-refractivity contribution in [2.75, 3.05) is 7.05 Å². The van der Waals surface area contributed by atoms with E-state index in [4.69, 9.17) is 0 Å². The number of hydrogen-bond donors (Lipinski definition) is 2. The number of likely N-dealkylation sites (N-methyl/N-ethyl adjacent to an activating group) is 1. The van der Waals surface area contributed by atoms with Crippen LogP contribution in [0.15, 0.2) is 24.3 Å². The van der Waals surface area contributed by atoms with E-state index < -0.39 is 12.1 Å². The lowest BCUT2D eigenvalue weighted by molar-refractivity contribution is -0.132. The van der Waals surface area contributed by atoms with Gasteiger partial charge in [-0.05, 0) is 30.4 Å². The Morgan fingerprint density at radius 2 is 1.86 bits per heavy atom. The first kappa shape index (κ1) is 14.6. The number of rotatable bonds is 4. The molecule has 3 rings (SSSR count). The summed E-state index contributed by atoms with van der Waals surface area (Å²) < 4.78 is 0. The molecule has 0 bridgehead atoms. The molecular weight excluding hydrogens is 282 g/mol. The van der Waals surface area contributed by atoms with Gasteiger partial charge in [0.25, 0.3) is 5.91 Å². The number of nitrogens with zero attached hydrogens (tertiary/aromatic N) is 1. The van der Waals surface area contributed by atoms with Crippen LogP contribution < -0.4 is 10.6 Å². The molecule has 0 aromatic heterocycles. The molecule has 4 amide bonds. The van der Waals surface area contributed by atoms with E-state index in [0.29, 0.717) is 6.42 Å². The van der Waals surface area contributed by atoms with E-state index >= 15 is 0 Å². The molecule has 0 radical (unpaired) electrons. The molecule has 0 saturated carbocycles. The molecule has 1 saturated heterocycles. The molecule has 1 aliphatic heterocycles. The van der Waals surface area contributed by atoms with Crippen molar-refractivity contribution < 1.29 is 14.4 Å². The smallest absolute Gasteiger partial charge is 0.322 e. The first-order chi connectivity index (χ1) is 10.5. The highest BCUT2D eigenvalue weighted by molar-refractivity contribution is 6.04. The van der Waals surface area contributed by atoms with Gasteiger partial charge in [-0.3, -0.25) is 14.9 Å². The number of amides is 4. The maximum absolute atomic E-state index is 12.3. The summed E-state index contributed by atoms with van der Waals surface area (Å²) in [5.74, 6) is -0.347. The predicted octanol–water partition coefficient (Wildman–Crippen LogP) is 0.600. The molecule has 1 aliphatic carbocycles. The van der Waals surface area contributed by atoms with Crippen LogP contribution in [0.2, 0.25) is 0 Å². The molecule has 1 aromatic carbocycles. The normalized spacial score (nSPS) is 20.5. The molecule has 1 fully saturated rings. The predicted molar refractivity (Wildman–Crippen MR) is 80.1 cm³/mol. The number of hydrogen-bond acceptors (Lipinski definition) is 3. The Balaban J connectivity index is 1.53. The van der Waals surface area contributed by atoms with Gasteiger partial charge in [-0.15, -0.1) is 0 Å². The Bertz CT molecular complexity index is 604. The third-order valence-electron chi connectivity index (χ3n) is 4.48. The van der Waals surface area contributed by atoms with Crippen molar-refractivity contribution in [3.05, 3.63) is 35.4 Å². The van der Waals surface area contributed by atoms with Crippen molar-refractivity contribution in [1.82, 2.24) is 15.5 Å². The van der Waals surface area contributed by atoms with Crippen LogP contribution in [-0.2, 0) is 22.4 Å². The topological polar surface area (TPSA) is 78.5 Å². The summed E-state index contributed by atoms with van der Waals surface area (Å²) in [6.45, 7) is 0. The monoisotopic (exact) mass is 301 g/mol. The summed E-state index contributed by atoms with van der Waals surface area (Å²) in [6, 6.07) is 7.34. The summed E-state index contributed by atoms with van der Waals surface area (Å²) in [5.41, 5.74) is 2.60. The van der Waals surface area contributed by atoms with Crippen LogP contribution in [0.25, 0.3) is 0 Å². The molecule has 116 valence electrons. The second-order valence-corrected chi connectivity index (χ2v) is 5.89. The molecule has 6 heteroatoms. The van der Waals surface area contributed by atoms with E-state index in [2.05, 4.69) is 22.8 Å². The van der Waals surface area contributed by atoms with E-state index in [-0.39, 0.29) is 24.3 Å². The first-order valence-corrected chi connectivity index (χ1v) is 7.48. The fraction of sp³-hybridized carbons (Fsp3) is 0.438. The zero-order chi connectivity index (χ0) is 15.7. The first-order valence-electron chi connectivity index (χ1n) is 7.48. The number of imide groups is 1. The van der Waals surface area contributed by atoms with E-state index in [1.54, 1.807) is 4.90 Å². The minimum Gasteiger partial charge on any atom is -0.342 e. The van der Waals surface area contributed by atoms with Gasteiger partial charge in [0.2, 0.25) is 5.91 Å². The van der Waals surface area contributed by atoms with Crippen LogP contribution >= 0.6 is 0 Å². The van der Waals surface area contributed by atoms with Crippen molar-refractivity contribution in [2.24, 2.45) is 0 Å². The third kappa shape index (κ3) is 2.81. The van der Waals surface area contributed by atoms with Gasteiger partial charge in [0, 0.05) is 19.5 Å². The Labute approximate surface area is 128 Å². The lowest BCUT2D eigenvalue weighted by atomic mass is 10.1. The number of nitrogens with one attached hydrogen (secondary N) is 2. The van der Waals surface area contributed by atoms with Crippen LogP contribution in [0, 0.1) is 0 Å². The maximum Gasteiger partial charge on any atom is 0.322 e. The molecule has 2 N–H and O–H groups in total. The van der Waals surface area contributed by atoms with E-state index in [1.165, 1.54) is 11.1 Å². The minimum atomic E-state index is -0.592. The summed E-state index contributed by atoms with van der Waals surface area (Å²) in [7, 11) is 1.81. The quantitative estimate of drug-likeness (QED) is 0.799. The summed E-state index contributed by atoms with van der Waals surface area (Å²) in [4.78, 5) is 36.6. The number of urea groups is 1. The average molecular weight is 301 g/mol. The Morgan fingerprint density at radius 1 is 1.23 bits per heavy atom. The summed E-state index contributed by atoms with van der Waals surface area (Å²) in [5, 5.41) is 4.68. The maximum atomic E-state index is 12.3. The fourth-order valence-electron chi connectivity index (χ4n) is 3.12.